The van der Waals surface area contributed by atoms with Gasteiger partial charge in [0.1, 0.15) is 11.9 Å². The van der Waals surface area contributed by atoms with Gasteiger partial charge in [-0.2, -0.15) is 39.5 Å². The second kappa shape index (κ2) is 13.4. The molecule has 4 aromatic carbocycles. The zero-order valence-electron chi connectivity index (χ0n) is 26.8. The molecule has 1 amide bonds. The number of carbonyl (C=O) groups is 2. The van der Waals surface area contributed by atoms with Crippen LogP contribution in [0.5, 0.6) is 5.75 Å². The van der Waals surface area contributed by atoms with Crippen LogP contribution in [0.2, 0.25) is 0 Å². The largest absolute Gasteiger partial charge is 0.496 e. The number of nitrogens with zero attached hydrogens (tertiary/aromatic N) is 1. The van der Waals surface area contributed by atoms with Crippen LogP contribution in [0.3, 0.4) is 0 Å². The Bertz CT molecular complexity index is 1960. The summed E-state index contributed by atoms with van der Waals surface area (Å²) >= 11 is 0. The summed E-state index contributed by atoms with van der Waals surface area (Å²) in [4.78, 5) is 25.9. The molecule has 4 aromatic rings. The molecule has 1 aliphatic heterocycles. The predicted molar refractivity (Wildman–Crippen MR) is 165 cm³/mol. The molecule has 1 saturated heterocycles. The number of anilines is 1. The molecule has 270 valence electrons. The number of rotatable bonds is 7. The highest BCUT2D eigenvalue weighted by Gasteiger charge is 2.43. The molecule has 0 saturated carbocycles. The molecule has 51 heavy (non-hydrogen) atoms. The Morgan fingerprint density at radius 2 is 1.37 bits per heavy atom. The second-order valence-corrected chi connectivity index (χ2v) is 11.6. The molecule has 7 nitrogen and oxygen atoms in total. The summed E-state index contributed by atoms with van der Waals surface area (Å²) in [6, 6.07) is 11.4. The molecule has 0 spiro atoms. The van der Waals surface area contributed by atoms with E-state index in [9.17, 15) is 49.1 Å². The van der Waals surface area contributed by atoms with E-state index < -0.39 is 71.5 Å². The van der Waals surface area contributed by atoms with Gasteiger partial charge in [0.25, 0.3) is 0 Å². The van der Waals surface area contributed by atoms with E-state index in [0.717, 1.165) is 23.1 Å². The normalized spacial score (nSPS) is 16.6. The molecule has 0 radical (unpaired) electrons. The highest BCUT2D eigenvalue weighted by Crippen LogP contribution is 2.45. The predicted octanol–water partition coefficient (Wildman–Crippen LogP) is 9.54. The highest BCUT2D eigenvalue weighted by molar-refractivity contribution is 5.93. The quantitative estimate of drug-likeness (QED) is 0.116. The van der Waals surface area contributed by atoms with Gasteiger partial charge in [-0.1, -0.05) is 18.2 Å². The minimum atomic E-state index is -5.15. The molecule has 0 bridgehead atoms. The van der Waals surface area contributed by atoms with Gasteiger partial charge in [-0.25, -0.2) is 9.59 Å². The molecule has 0 unspecified atom stereocenters. The van der Waals surface area contributed by atoms with Gasteiger partial charge in [0.05, 0.1) is 42.5 Å². The first kappa shape index (κ1) is 36.9. The maximum absolute atomic E-state index is 14.0. The summed E-state index contributed by atoms with van der Waals surface area (Å²) in [6.45, 7) is 0.562. The second-order valence-electron chi connectivity index (χ2n) is 11.6. The van der Waals surface area contributed by atoms with E-state index in [0.29, 0.717) is 23.3 Å². The van der Waals surface area contributed by atoms with Crippen LogP contribution in [0.1, 0.15) is 51.2 Å². The van der Waals surface area contributed by atoms with E-state index in [1.54, 1.807) is 12.1 Å². The number of cyclic esters (lactones) is 1. The molecule has 1 heterocycles. The van der Waals surface area contributed by atoms with Crippen LogP contribution < -0.4 is 10.5 Å². The van der Waals surface area contributed by atoms with Crippen LogP contribution in [-0.4, -0.2) is 37.2 Å². The summed E-state index contributed by atoms with van der Waals surface area (Å²) in [5, 5.41) is 0. The number of alkyl halides is 9. The summed E-state index contributed by atoms with van der Waals surface area (Å²) in [5.41, 5.74) is 2.77. The van der Waals surface area contributed by atoms with Crippen LogP contribution in [-0.2, 0) is 34.5 Å². The third-order valence-corrected chi connectivity index (χ3v) is 8.35. The Labute approximate surface area is 284 Å². The van der Waals surface area contributed by atoms with Crippen molar-refractivity contribution in [3.05, 3.63) is 106 Å². The number of hydrogen-bond donors (Lipinski definition) is 1. The van der Waals surface area contributed by atoms with Crippen LogP contribution >= 0.6 is 0 Å². The van der Waals surface area contributed by atoms with Crippen molar-refractivity contribution in [2.45, 2.75) is 44.1 Å². The summed E-state index contributed by atoms with van der Waals surface area (Å²) < 4.78 is 139. The molecule has 16 heteroatoms. The zero-order valence-corrected chi connectivity index (χ0v) is 26.8. The number of carbonyl (C=O) groups excluding carboxylic acids is 2. The number of halogens is 9. The maximum atomic E-state index is 14.0. The minimum Gasteiger partial charge on any atom is -0.496 e. The number of esters is 1. The number of amides is 1. The lowest BCUT2D eigenvalue weighted by Crippen LogP contribution is -2.31. The van der Waals surface area contributed by atoms with E-state index in [4.69, 9.17) is 19.9 Å². The van der Waals surface area contributed by atoms with Gasteiger partial charge in [-0.3, -0.25) is 4.90 Å². The van der Waals surface area contributed by atoms with Crippen molar-refractivity contribution in [2.75, 3.05) is 20.0 Å². The lowest BCUT2D eigenvalue weighted by atomic mass is 9.89. The monoisotopic (exact) mass is 726 g/mol. The first-order valence-corrected chi connectivity index (χ1v) is 14.9. The Morgan fingerprint density at radius 1 is 0.765 bits per heavy atom. The fourth-order valence-corrected chi connectivity index (χ4v) is 5.82. The Balaban J connectivity index is 1.60. The molecule has 2 atom stereocenters. The number of methoxy groups -OCH3 is 2. The average molecular weight is 727 g/mol. The summed E-state index contributed by atoms with van der Waals surface area (Å²) in [7, 11) is 2.51. The van der Waals surface area contributed by atoms with E-state index >= 15 is 0 Å². The molecule has 2 N–H and O–H groups in total. The third kappa shape index (κ3) is 7.54. The Hall–Kier alpha value is -5.41. The molecule has 1 aliphatic rings. The minimum absolute atomic E-state index is 0.0600. The van der Waals surface area contributed by atoms with Crippen molar-refractivity contribution in [3.8, 4) is 28.0 Å². The smallest absolute Gasteiger partial charge is 0.416 e. The SMILES string of the molecule is COC(=O)c1ccc(-c2ccc(OC)c(-c3ccc(C(F)(F)F)cc3[C@H]3OC(=O)N(Cc4cc(C(F)(F)F)cc(C(F)(F)F)c4)[C@@H]3C)c2)c(N)c1. The van der Waals surface area contributed by atoms with Crippen LogP contribution in [0.15, 0.2) is 72.8 Å². The zero-order chi connectivity index (χ0) is 37.6. The first-order chi connectivity index (χ1) is 23.7. The van der Waals surface area contributed by atoms with Crippen molar-refractivity contribution in [1.82, 2.24) is 4.90 Å². The lowest BCUT2D eigenvalue weighted by Gasteiger charge is -2.24. The van der Waals surface area contributed by atoms with Crippen LogP contribution in [0.4, 0.5) is 50.0 Å². The van der Waals surface area contributed by atoms with Crippen LogP contribution in [0, 0.1) is 0 Å². The van der Waals surface area contributed by atoms with Crippen molar-refractivity contribution in [3.63, 3.8) is 0 Å². The molecule has 0 aliphatic carbocycles. The van der Waals surface area contributed by atoms with Gasteiger partial charge >= 0.3 is 30.6 Å². The van der Waals surface area contributed by atoms with Crippen molar-refractivity contribution in [1.29, 1.82) is 0 Å². The van der Waals surface area contributed by atoms with Crippen molar-refractivity contribution < 1.29 is 63.3 Å². The van der Waals surface area contributed by atoms with Gasteiger partial charge in [0.15, 0.2) is 0 Å². The molecule has 0 aromatic heterocycles. The third-order valence-electron chi connectivity index (χ3n) is 8.35. The number of nitrogens with two attached hydrogens (primary N) is 1. The average Bonchev–Trinajstić information content (AvgIpc) is 3.34. The fourth-order valence-electron chi connectivity index (χ4n) is 5.82. The topological polar surface area (TPSA) is 91.1 Å². The van der Waals surface area contributed by atoms with Gasteiger partial charge in [-0.05, 0) is 78.2 Å². The van der Waals surface area contributed by atoms with Gasteiger partial charge < -0.3 is 19.9 Å². The van der Waals surface area contributed by atoms with Gasteiger partial charge in [-0.15, -0.1) is 0 Å². The van der Waals surface area contributed by atoms with Gasteiger partial charge in [0.2, 0.25) is 0 Å². The standard InChI is InChI=1S/C35H27F9N2O5/c1-17-30(51-32(48)46(17)16-18-10-22(34(39,40)41)14-23(11-18)35(42,43)44)27-15-21(33(36,37)38)6-8-25(27)26-12-19(5-9-29(26)49-2)24-7-4-20(13-28(24)45)31(47)50-3/h4-15,17,30H,16,45H2,1-3H3/t17-,30+/m1/s1. The Morgan fingerprint density at radius 3 is 1.92 bits per heavy atom. The van der Waals surface area contributed by atoms with Crippen molar-refractivity contribution >= 4 is 17.7 Å². The highest BCUT2D eigenvalue weighted by atomic mass is 19.4. The molecule has 1 fully saturated rings. The van der Waals surface area contributed by atoms with Crippen LogP contribution in [0.25, 0.3) is 22.3 Å². The number of ether oxygens (including phenoxy) is 3. The summed E-state index contributed by atoms with van der Waals surface area (Å²) in [6.07, 6.45) is -17.8. The summed E-state index contributed by atoms with van der Waals surface area (Å²) in [5.74, 6) is -0.455. The molecular weight excluding hydrogens is 699 g/mol. The van der Waals surface area contributed by atoms with E-state index in [2.05, 4.69) is 0 Å². The first-order valence-electron chi connectivity index (χ1n) is 14.9. The van der Waals surface area contributed by atoms with Crippen molar-refractivity contribution in [2.24, 2.45) is 0 Å². The number of nitrogen functional groups attached to an aromatic ring is 1. The number of benzene rings is 4. The fraction of sp³-hybridized carbons (Fsp3) is 0.257. The molecular formula is C35H27F9N2O5. The number of hydrogen-bond acceptors (Lipinski definition) is 6. The van der Waals surface area contributed by atoms with E-state index in [-0.39, 0.29) is 39.8 Å². The maximum Gasteiger partial charge on any atom is 0.416 e. The van der Waals surface area contributed by atoms with E-state index in [1.807, 2.05) is 0 Å². The Kier molecular flexibility index (Phi) is 9.67. The molecule has 5 rings (SSSR count). The van der Waals surface area contributed by atoms with Gasteiger partial charge in [0, 0.05) is 28.9 Å². The van der Waals surface area contributed by atoms with E-state index in [1.165, 1.54) is 45.4 Å². The lowest BCUT2D eigenvalue weighted by molar-refractivity contribution is -0.143.